The number of aryl methyl sites for hydroxylation is 1. The minimum atomic E-state index is -0.305. The zero-order chi connectivity index (χ0) is 15.7. The van der Waals surface area contributed by atoms with Crippen molar-refractivity contribution in [3.8, 4) is 0 Å². The van der Waals surface area contributed by atoms with Crippen LogP contribution in [0.1, 0.15) is 31.2 Å². The van der Waals surface area contributed by atoms with Crippen LogP contribution in [0.5, 0.6) is 0 Å². The minimum Gasteiger partial charge on any atom is -0.455 e. The topological polar surface area (TPSA) is 55.4 Å². The molecule has 0 saturated heterocycles. The smallest absolute Gasteiger partial charge is 0.309 e. The third-order valence-corrected chi connectivity index (χ3v) is 5.44. The zero-order valence-electron chi connectivity index (χ0n) is 12.6. The Labute approximate surface area is 138 Å². The predicted molar refractivity (Wildman–Crippen MR) is 87.4 cm³/mol. The number of hydrogen-bond donors (Lipinski definition) is 1. The van der Waals surface area contributed by atoms with Crippen molar-refractivity contribution >= 4 is 33.5 Å². The Hall–Kier alpha value is -1.36. The van der Waals surface area contributed by atoms with Gasteiger partial charge in [0.2, 0.25) is 0 Å². The highest BCUT2D eigenvalue weighted by molar-refractivity contribution is 9.10. The van der Waals surface area contributed by atoms with Crippen LogP contribution in [-0.2, 0) is 14.3 Å². The molecule has 22 heavy (non-hydrogen) atoms. The Kier molecular flexibility index (Phi) is 4.52. The second-order valence-electron chi connectivity index (χ2n) is 6.42. The number of nitrogens with one attached hydrogen (secondary N) is 1. The van der Waals surface area contributed by atoms with Crippen molar-refractivity contribution in [2.75, 3.05) is 11.9 Å². The number of halogens is 1. The van der Waals surface area contributed by atoms with Crippen molar-refractivity contribution in [2.24, 2.45) is 17.8 Å². The molecule has 5 heteroatoms. The highest BCUT2D eigenvalue weighted by Gasteiger charge is 2.43. The summed E-state index contributed by atoms with van der Waals surface area (Å²) >= 11 is 3.41. The largest absolute Gasteiger partial charge is 0.455 e. The second kappa shape index (κ2) is 6.41. The first kappa shape index (κ1) is 15.5. The standard InChI is InChI=1S/C17H20BrNO3/c1-10-2-5-15(14(18)6-10)19-16(20)9-22-17(21)13-8-11-3-4-12(13)7-11/h2,5-6,11-13H,3-4,7-9H2,1H3,(H,19,20). The van der Waals surface area contributed by atoms with Crippen LogP contribution >= 0.6 is 15.9 Å². The molecule has 0 heterocycles. The summed E-state index contributed by atoms with van der Waals surface area (Å²) in [7, 11) is 0. The van der Waals surface area contributed by atoms with E-state index in [1.807, 2.05) is 25.1 Å². The summed E-state index contributed by atoms with van der Waals surface area (Å²) in [5.74, 6) is 0.677. The molecular formula is C17H20BrNO3. The summed E-state index contributed by atoms with van der Waals surface area (Å²) in [5.41, 5.74) is 1.79. The van der Waals surface area contributed by atoms with E-state index in [9.17, 15) is 9.59 Å². The SMILES string of the molecule is Cc1ccc(NC(=O)COC(=O)C2CC3CCC2C3)c(Br)c1. The maximum Gasteiger partial charge on any atom is 0.309 e. The monoisotopic (exact) mass is 365 g/mol. The fourth-order valence-electron chi connectivity index (χ4n) is 3.68. The number of amides is 1. The van der Waals surface area contributed by atoms with Gasteiger partial charge in [-0.3, -0.25) is 9.59 Å². The van der Waals surface area contributed by atoms with Crippen LogP contribution in [0, 0.1) is 24.7 Å². The van der Waals surface area contributed by atoms with Crippen LogP contribution in [0.25, 0.3) is 0 Å². The number of hydrogen-bond acceptors (Lipinski definition) is 3. The summed E-state index contributed by atoms with van der Waals surface area (Å²) < 4.78 is 6.03. The molecule has 0 spiro atoms. The van der Waals surface area contributed by atoms with E-state index >= 15 is 0 Å². The van der Waals surface area contributed by atoms with Gasteiger partial charge in [-0.2, -0.15) is 0 Å². The number of esters is 1. The molecule has 2 fully saturated rings. The van der Waals surface area contributed by atoms with Gasteiger partial charge >= 0.3 is 5.97 Å². The van der Waals surface area contributed by atoms with Crippen LogP contribution in [0.4, 0.5) is 5.69 Å². The lowest BCUT2D eigenvalue weighted by atomic mass is 9.89. The third kappa shape index (κ3) is 3.35. The summed E-state index contributed by atoms with van der Waals surface area (Å²) in [6.45, 7) is 1.76. The summed E-state index contributed by atoms with van der Waals surface area (Å²) in [6.07, 6.45) is 4.47. The van der Waals surface area contributed by atoms with Gasteiger partial charge in [0.1, 0.15) is 0 Å². The van der Waals surface area contributed by atoms with Crippen molar-refractivity contribution in [1.82, 2.24) is 0 Å². The molecule has 2 bridgehead atoms. The molecule has 1 N–H and O–H groups in total. The lowest BCUT2D eigenvalue weighted by Gasteiger charge is -2.19. The molecule has 0 aliphatic heterocycles. The molecule has 4 nitrogen and oxygen atoms in total. The van der Waals surface area contributed by atoms with E-state index in [-0.39, 0.29) is 24.4 Å². The molecule has 0 aromatic heterocycles. The van der Waals surface area contributed by atoms with E-state index < -0.39 is 0 Å². The van der Waals surface area contributed by atoms with E-state index in [0.29, 0.717) is 17.5 Å². The highest BCUT2D eigenvalue weighted by atomic mass is 79.9. The molecule has 118 valence electrons. The van der Waals surface area contributed by atoms with E-state index in [2.05, 4.69) is 21.2 Å². The number of ether oxygens (including phenoxy) is 1. The number of benzene rings is 1. The van der Waals surface area contributed by atoms with Gasteiger partial charge in [0.15, 0.2) is 6.61 Å². The Morgan fingerprint density at radius 1 is 1.32 bits per heavy atom. The number of anilines is 1. The van der Waals surface area contributed by atoms with E-state index in [1.54, 1.807) is 0 Å². The maximum absolute atomic E-state index is 12.1. The van der Waals surface area contributed by atoms with Crippen LogP contribution in [0.3, 0.4) is 0 Å². The van der Waals surface area contributed by atoms with Gasteiger partial charge in [-0.15, -0.1) is 0 Å². The van der Waals surface area contributed by atoms with Gasteiger partial charge in [-0.1, -0.05) is 12.5 Å². The minimum absolute atomic E-state index is 0.0117. The van der Waals surface area contributed by atoms with Crippen LogP contribution in [0.2, 0.25) is 0 Å². The molecular weight excluding hydrogens is 346 g/mol. The summed E-state index contributed by atoms with van der Waals surface area (Å²) in [4.78, 5) is 24.0. The molecule has 2 saturated carbocycles. The maximum atomic E-state index is 12.1. The average Bonchev–Trinajstić information content (AvgIpc) is 3.10. The van der Waals surface area contributed by atoms with Crippen molar-refractivity contribution in [3.05, 3.63) is 28.2 Å². The van der Waals surface area contributed by atoms with Gasteiger partial charge < -0.3 is 10.1 Å². The quantitative estimate of drug-likeness (QED) is 0.828. The van der Waals surface area contributed by atoms with Crippen molar-refractivity contribution in [2.45, 2.75) is 32.6 Å². The molecule has 3 unspecified atom stereocenters. The Morgan fingerprint density at radius 3 is 2.77 bits per heavy atom. The van der Waals surface area contributed by atoms with E-state index in [0.717, 1.165) is 29.3 Å². The van der Waals surface area contributed by atoms with Gasteiger partial charge in [0.05, 0.1) is 11.6 Å². The van der Waals surface area contributed by atoms with Crippen molar-refractivity contribution in [1.29, 1.82) is 0 Å². The highest BCUT2D eigenvalue weighted by Crippen LogP contribution is 2.48. The second-order valence-corrected chi connectivity index (χ2v) is 7.27. The number of fused-ring (bicyclic) bond motifs is 2. The van der Waals surface area contributed by atoms with E-state index in [4.69, 9.17) is 4.74 Å². The number of carbonyl (C=O) groups is 2. The molecule has 1 aromatic rings. The number of carbonyl (C=O) groups excluding carboxylic acids is 2. The molecule has 2 aliphatic rings. The van der Waals surface area contributed by atoms with Gasteiger partial charge in [-0.25, -0.2) is 0 Å². The molecule has 0 radical (unpaired) electrons. The average molecular weight is 366 g/mol. The van der Waals surface area contributed by atoms with Crippen molar-refractivity contribution in [3.63, 3.8) is 0 Å². The van der Waals surface area contributed by atoms with Gasteiger partial charge in [0, 0.05) is 4.47 Å². The normalized spacial score (nSPS) is 26.0. The first-order valence-electron chi connectivity index (χ1n) is 7.75. The van der Waals surface area contributed by atoms with Gasteiger partial charge in [-0.05, 0) is 71.6 Å². The predicted octanol–water partition coefficient (Wildman–Crippen LogP) is 3.68. The molecule has 1 amide bonds. The lowest BCUT2D eigenvalue weighted by molar-refractivity contribution is -0.153. The molecule has 1 aromatic carbocycles. The van der Waals surface area contributed by atoms with E-state index in [1.165, 1.54) is 6.42 Å². The molecule has 3 rings (SSSR count). The summed E-state index contributed by atoms with van der Waals surface area (Å²) in [5, 5.41) is 2.75. The van der Waals surface area contributed by atoms with Crippen LogP contribution in [0.15, 0.2) is 22.7 Å². The number of rotatable bonds is 4. The Balaban J connectivity index is 1.49. The Morgan fingerprint density at radius 2 is 2.14 bits per heavy atom. The third-order valence-electron chi connectivity index (χ3n) is 4.79. The van der Waals surface area contributed by atoms with Crippen LogP contribution < -0.4 is 5.32 Å². The first-order valence-corrected chi connectivity index (χ1v) is 8.55. The van der Waals surface area contributed by atoms with Gasteiger partial charge in [0.25, 0.3) is 5.91 Å². The Bertz CT molecular complexity index is 602. The molecule has 2 aliphatic carbocycles. The first-order chi connectivity index (χ1) is 10.5. The zero-order valence-corrected chi connectivity index (χ0v) is 14.2. The fraction of sp³-hybridized carbons (Fsp3) is 0.529. The molecule has 3 atom stereocenters. The van der Waals surface area contributed by atoms with Crippen LogP contribution in [-0.4, -0.2) is 18.5 Å². The fourth-order valence-corrected chi connectivity index (χ4v) is 4.28. The van der Waals surface area contributed by atoms with Crippen molar-refractivity contribution < 1.29 is 14.3 Å². The lowest BCUT2D eigenvalue weighted by Crippen LogP contribution is -2.27. The summed E-state index contributed by atoms with van der Waals surface area (Å²) in [6, 6.07) is 5.67.